The summed E-state index contributed by atoms with van der Waals surface area (Å²) in [5, 5.41) is 18.0. The maximum absolute atomic E-state index is 13.1. The third-order valence-corrected chi connectivity index (χ3v) is 3.11. The average molecular weight is 286 g/mol. The quantitative estimate of drug-likeness (QED) is 0.934. The SMILES string of the molecule is Cc1cc(=O)c(C(=O)O)cn1Cc1ccc(F)cc1C#N. The fourth-order valence-electron chi connectivity index (χ4n) is 1.98. The van der Waals surface area contributed by atoms with Crippen LogP contribution < -0.4 is 5.43 Å². The summed E-state index contributed by atoms with van der Waals surface area (Å²) < 4.78 is 14.6. The number of aromatic nitrogens is 1. The van der Waals surface area contributed by atoms with Crippen molar-refractivity contribution in [3.8, 4) is 6.07 Å². The van der Waals surface area contributed by atoms with Crippen LogP contribution in [-0.4, -0.2) is 15.6 Å². The molecule has 0 aliphatic carbocycles. The lowest BCUT2D eigenvalue weighted by Crippen LogP contribution is -2.19. The van der Waals surface area contributed by atoms with Gasteiger partial charge in [0.05, 0.1) is 11.6 Å². The van der Waals surface area contributed by atoms with Crippen molar-refractivity contribution in [3.63, 3.8) is 0 Å². The first-order valence-electron chi connectivity index (χ1n) is 6.05. The van der Waals surface area contributed by atoms with Gasteiger partial charge < -0.3 is 9.67 Å². The highest BCUT2D eigenvalue weighted by Crippen LogP contribution is 2.13. The molecule has 0 aliphatic heterocycles. The fourth-order valence-corrected chi connectivity index (χ4v) is 1.98. The van der Waals surface area contributed by atoms with Crippen molar-refractivity contribution in [3.05, 3.63) is 68.9 Å². The topological polar surface area (TPSA) is 83.1 Å². The summed E-state index contributed by atoms with van der Waals surface area (Å²) in [6.45, 7) is 1.83. The van der Waals surface area contributed by atoms with Crippen molar-refractivity contribution in [1.82, 2.24) is 4.57 Å². The Morgan fingerprint density at radius 1 is 1.43 bits per heavy atom. The Morgan fingerprint density at radius 2 is 2.14 bits per heavy atom. The minimum atomic E-state index is -1.31. The van der Waals surface area contributed by atoms with E-state index in [-0.39, 0.29) is 17.7 Å². The third-order valence-electron chi connectivity index (χ3n) is 3.11. The van der Waals surface area contributed by atoms with Gasteiger partial charge in [-0.05, 0) is 24.6 Å². The number of pyridine rings is 1. The van der Waals surface area contributed by atoms with Gasteiger partial charge in [-0.3, -0.25) is 4.79 Å². The number of nitriles is 1. The molecule has 6 heteroatoms. The standard InChI is InChI=1S/C15H11FN2O3/c1-9-4-14(19)13(15(20)21)8-18(9)7-10-2-3-12(16)5-11(10)6-17/h2-5,8H,7H2,1H3,(H,20,21). The summed E-state index contributed by atoms with van der Waals surface area (Å²) in [6.07, 6.45) is 1.23. The van der Waals surface area contributed by atoms with Crippen LogP contribution in [0.1, 0.15) is 27.2 Å². The number of nitrogens with zero attached hydrogens (tertiary/aromatic N) is 2. The van der Waals surface area contributed by atoms with Gasteiger partial charge in [0.1, 0.15) is 11.4 Å². The minimum Gasteiger partial charge on any atom is -0.477 e. The normalized spacial score (nSPS) is 10.1. The smallest absolute Gasteiger partial charge is 0.341 e. The molecule has 0 aliphatic rings. The summed E-state index contributed by atoms with van der Waals surface area (Å²) >= 11 is 0. The van der Waals surface area contributed by atoms with E-state index in [9.17, 15) is 14.0 Å². The van der Waals surface area contributed by atoms with Crippen molar-refractivity contribution in [2.75, 3.05) is 0 Å². The van der Waals surface area contributed by atoms with Crippen LogP contribution in [0.3, 0.4) is 0 Å². The van der Waals surface area contributed by atoms with Crippen molar-refractivity contribution < 1.29 is 14.3 Å². The molecule has 2 rings (SSSR count). The Labute approximate surface area is 119 Å². The highest BCUT2D eigenvalue weighted by Gasteiger charge is 2.12. The molecule has 0 radical (unpaired) electrons. The molecule has 0 amide bonds. The molecule has 0 bridgehead atoms. The molecule has 1 aromatic carbocycles. The number of carbonyl (C=O) groups is 1. The Morgan fingerprint density at radius 3 is 2.76 bits per heavy atom. The first-order chi connectivity index (χ1) is 9.92. The molecule has 21 heavy (non-hydrogen) atoms. The number of halogens is 1. The Balaban J connectivity index is 2.50. The van der Waals surface area contributed by atoms with Gasteiger partial charge in [-0.1, -0.05) is 6.07 Å². The highest BCUT2D eigenvalue weighted by molar-refractivity contribution is 5.87. The van der Waals surface area contributed by atoms with E-state index >= 15 is 0 Å². The molecule has 1 heterocycles. The largest absolute Gasteiger partial charge is 0.477 e. The zero-order chi connectivity index (χ0) is 15.6. The Hall–Kier alpha value is -2.94. The molecule has 1 aromatic heterocycles. The highest BCUT2D eigenvalue weighted by atomic mass is 19.1. The van der Waals surface area contributed by atoms with Crippen LogP contribution in [0.5, 0.6) is 0 Å². The Bertz CT molecular complexity index is 819. The summed E-state index contributed by atoms with van der Waals surface area (Å²) in [5.74, 6) is -1.83. The lowest BCUT2D eigenvalue weighted by Gasteiger charge is -2.12. The maximum atomic E-state index is 13.1. The number of rotatable bonds is 3. The van der Waals surface area contributed by atoms with E-state index in [4.69, 9.17) is 10.4 Å². The molecule has 0 fully saturated rings. The van der Waals surface area contributed by atoms with Crippen LogP contribution in [-0.2, 0) is 6.54 Å². The van der Waals surface area contributed by atoms with Gasteiger partial charge in [0.15, 0.2) is 5.43 Å². The van der Waals surface area contributed by atoms with Crippen LogP contribution >= 0.6 is 0 Å². The summed E-state index contributed by atoms with van der Waals surface area (Å²) in [4.78, 5) is 22.5. The summed E-state index contributed by atoms with van der Waals surface area (Å²) in [5.41, 5.74) is 0.349. The zero-order valence-electron chi connectivity index (χ0n) is 11.1. The van der Waals surface area contributed by atoms with E-state index < -0.39 is 17.2 Å². The van der Waals surface area contributed by atoms with E-state index in [0.717, 1.165) is 6.07 Å². The predicted molar refractivity (Wildman–Crippen MR) is 72.6 cm³/mol. The van der Waals surface area contributed by atoms with Crippen molar-refractivity contribution in [1.29, 1.82) is 5.26 Å². The number of carboxylic acid groups (broad SMARTS) is 1. The van der Waals surface area contributed by atoms with Gasteiger partial charge in [0.25, 0.3) is 0 Å². The zero-order valence-corrected chi connectivity index (χ0v) is 11.1. The third kappa shape index (κ3) is 2.98. The van der Waals surface area contributed by atoms with Crippen LogP contribution in [0.15, 0.2) is 35.3 Å². The van der Waals surface area contributed by atoms with E-state index in [1.54, 1.807) is 11.5 Å². The number of hydrogen-bond donors (Lipinski definition) is 1. The van der Waals surface area contributed by atoms with Crippen LogP contribution in [0.25, 0.3) is 0 Å². The van der Waals surface area contributed by atoms with E-state index in [1.165, 1.54) is 24.4 Å². The predicted octanol–water partition coefficient (Wildman–Crippen LogP) is 1.91. The van der Waals surface area contributed by atoms with Crippen LogP contribution in [0.4, 0.5) is 4.39 Å². The molecule has 0 saturated carbocycles. The van der Waals surface area contributed by atoms with E-state index in [2.05, 4.69) is 0 Å². The van der Waals surface area contributed by atoms with E-state index in [0.29, 0.717) is 11.3 Å². The summed E-state index contributed by atoms with van der Waals surface area (Å²) in [6, 6.07) is 6.92. The van der Waals surface area contributed by atoms with Gasteiger partial charge in [-0.2, -0.15) is 5.26 Å². The Kier molecular flexibility index (Phi) is 3.85. The second-order valence-corrected chi connectivity index (χ2v) is 4.54. The number of aryl methyl sites for hydroxylation is 1. The number of benzene rings is 1. The molecule has 2 aromatic rings. The number of carboxylic acids is 1. The lowest BCUT2D eigenvalue weighted by atomic mass is 10.1. The molecular weight excluding hydrogens is 275 g/mol. The van der Waals surface area contributed by atoms with Gasteiger partial charge >= 0.3 is 5.97 Å². The second-order valence-electron chi connectivity index (χ2n) is 4.54. The van der Waals surface area contributed by atoms with Crippen molar-refractivity contribution in [2.24, 2.45) is 0 Å². The van der Waals surface area contributed by atoms with Crippen molar-refractivity contribution >= 4 is 5.97 Å². The molecule has 0 unspecified atom stereocenters. The molecule has 0 spiro atoms. The lowest BCUT2D eigenvalue weighted by molar-refractivity contribution is 0.0694. The monoisotopic (exact) mass is 286 g/mol. The minimum absolute atomic E-state index is 0.171. The van der Waals surface area contributed by atoms with Gasteiger partial charge in [-0.15, -0.1) is 0 Å². The molecular formula is C15H11FN2O3. The summed E-state index contributed by atoms with van der Waals surface area (Å²) in [7, 11) is 0. The number of hydrogen-bond acceptors (Lipinski definition) is 3. The van der Waals surface area contributed by atoms with Crippen LogP contribution in [0.2, 0.25) is 0 Å². The first-order valence-corrected chi connectivity index (χ1v) is 6.05. The van der Waals surface area contributed by atoms with Crippen LogP contribution in [0, 0.1) is 24.1 Å². The molecule has 106 valence electrons. The van der Waals surface area contributed by atoms with Gasteiger partial charge in [-0.25, -0.2) is 9.18 Å². The number of aromatic carboxylic acids is 1. The van der Waals surface area contributed by atoms with Crippen molar-refractivity contribution in [2.45, 2.75) is 13.5 Å². The molecule has 0 atom stereocenters. The van der Waals surface area contributed by atoms with Gasteiger partial charge in [0.2, 0.25) is 0 Å². The molecule has 1 N–H and O–H groups in total. The average Bonchev–Trinajstić information content (AvgIpc) is 2.42. The first kappa shape index (κ1) is 14.5. The molecule has 5 nitrogen and oxygen atoms in total. The second kappa shape index (κ2) is 5.59. The van der Waals surface area contributed by atoms with Gasteiger partial charge in [0, 0.05) is 24.5 Å². The maximum Gasteiger partial charge on any atom is 0.341 e. The molecule has 0 saturated heterocycles. The fraction of sp³-hybridized carbons (Fsp3) is 0.133. The van der Waals surface area contributed by atoms with E-state index in [1.807, 2.05) is 6.07 Å².